The molecule has 3 aliphatic rings. The molecule has 0 N–H and O–H groups in total. The van der Waals surface area contributed by atoms with Crippen molar-refractivity contribution in [2.45, 2.75) is 25.2 Å². The van der Waals surface area contributed by atoms with Crippen LogP contribution in [-0.2, 0) is 27.3 Å². The number of ether oxygens (including phenoxy) is 2. The first-order valence-corrected chi connectivity index (χ1v) is 11.3. The lowest BCUT2D eigenvalue weighted by molar-refractivity contribution is -0.139. The summed E-state index contributed by atoms with van der Waals surface area (Å²) in [6.45, 7) is 3.79. The molecule has 0 spiro atoms. The summed E-state index contributed by atoms with van der Waals surface area (Å²) in [5.74, 6) is 0.430. The Morgan fingerprint density at radius 2 is 2.09 bits per heavy atom. The number of tetrazole rings is 1. The van der Waals surface area contributed by atoms with Gasteiger partial charge in [0.25, 0.3) is 0 Å². The van der Waals surface area contributed by atoms with E-state index in [2.05, 4.69) is 25.4 Å². The number of aromatic nitrogens is 5. The van der Waals surface area contributed by atoms with Crippen molar-refractivity contribution in [2.75, 3.05) is 32.8 Å². The van der Waals surface area contributed by atoms with Crippen molar-refractivity contribution in [3.63, 3.8) is 0 Å². The van der Waals surface area contributed by atoms with E-state index in [1.54, 1.807) is 12.3 Å². The molecule has 1 amide bonds. The topological polar surface area (TPSA) is 116 Å². The van der Waals surface area contributed by atoms with Crippen molar-refractivity contribution in [3.05, 3.63) is 65.1 Å². The minimum atomic E-state index is -0.258. The van der Waals surface area contributed by atoms with Gasteiger partial charge < -0.3 is 14.4 Å². The Labute approximate surface area is 195 Å². The number of carbonyl (C=O) groups excluding carboxylic acids is 2. The number of fused-ring (bicyclic) bond motifs is 2. The molecule has 3 aromatic rings. The third-order valence-electron chi connectivity index (χ3n) is 6.68. The Balaban J connectivity index is 1.05. The quantitative estimate of drug-likeness (QED) is 0.514. The van der Waals surface area contributed by atoms with E-state index in [0.29, 0.717) is 44.1 Å². The fourth-order valence-corrected chi connectivity index (χ4v) is 4.78. The van der Waals surface area contributed by atoms with Crippen LogP contribution >= 0.6 is 0 Å². The maximum absolute atomic E-state index is 12.9. The van der Waals surface area contributed by atoms with Crippen molar-refractivity contribution >= 4 is 11.9 Å². The second-order valence-electron chi connectivity index (χ2n) is 8.76. The Morgan fingerprint density at radius 1 is 1.15 bits per heavy atom. The molecular weight excluding hydrogens is 438 g/mol. The third kappa shape index (κ3) is 3.93. The molecule has 0 saturated carbocycles. The molecule has 2 atom stereocenters. The number of benzene rings is 1. The molecule has 174 valence electrons. The molecule has 6 rings (SSSR count). The SMILES string of the molecule is O=C1OCc2cc(C3CN4CCN(C(=O)Cc5ccc(-n6cnnn6)nc5)CC4CO3)ccc21. The summed E-state index contributed by atoms with van der Waals surface area (Å²) in [5.41, 5.74) is 3.48. The molecule has 0 aliphatic carbocycles. The first kappa shape index (κ1) is 20.9. The third-order valence-corrected chi connectivity index (χ3v) is 6.68. The number of morpholine rings is 1. The molecule has 11 heteroatoms. The van der Waals surface area contributed by atoms with Gasteiger partial charge in [0.1, 0.15) is 12.9 Å². The molecule has 2 saturated heterocycles. The van der Waals surface area contributed by atoms with Gasteiger partial charge in [0.15, 0.2) is 5.82 Å². The van der Waals surface area contributed by atoms with Crippen LogP contribution in [-0.4, -0.2) is 85.7 Å². The fraction of sp³-hybridized carbons (Fsp3) is 0.391. The van der Waals surface area contributed by atoms with Crippen molar-refractivity contribution < 1.29 is 19.1 Å². The minimum absolute atomic E-state index is 0.0516. The number of nitrogens with zero attached hydrogens (tertiary/aromatic N) is 7. The monoisotopic (exact) mass is 461 g/mol. The molecule has 11 nitrogen and oxygen atoms in total. The van der Waals surface area contributed by atoms with Gasteiger partial charge in [-0.25, -0.2) is 9.78 Å². The van der Waals surface area contributed by atoms with Gasteiger partial charge in [0, 0.05) is 37.9 Å². The molecule has 5 heterocycles. The summed E-state index contributed by atoms with van der Waals surface area (Å²) in [4.78, 5) is 33.3. The largest absolute Gasteiger partial charge is 0.457 e. The molecule has 34 heavy (non-hydrogen) atoms. The van der Waals surface area contributed by atoms with Crippen LogP contribution in [0.15, 0.2) is 42.9 Å². The Kier molecular flexibility index (Phi) is 5.27. The van der Waals surface area contributed by atoms with Crippen LogP contribution < -0.4 is 0 Å². The van der Waals surface area contributed by atoms with E-state index < -0.39 is 0 Å². The van der Waals surface area contributed by atoms with Gasteiger partial charge >= 0.3 is 5.97 Å². The van der Waals surface area contributed by atoms with E-state index in [4.69, 9.17) is 9.47 Å². The first-order valence-electron chi connectivity index (χ1n) is 11.3. The predicted molar refractivity (Wildman–Crippen MR) is 117 cm³/mol. The Bertz CT molecular complexity index is 1210. The van der Waals surface area contributed by atoms with Gasteiger partial charge in [0.05, 0.1) is 30.7 Å². The van der Waals surface area contributed by atoms with Gasteiger partial charge in [0.2, 0.25) is 5.91 Å². The summed E-state index contributed by atoms with van der Waals surface area (Å²) < 4.78 is 12.8. The summed E-state index contributed by atoms with van der Waals surface area (Å²) >= 11 is 0. The summed E-state index contributed by atoms with van der Waals surface area (Å²) in [5, 5.41) is 11.0. The second kappa shape index (κ2) is 8.58. The van der Waals surface area contributed by atoms with Gasteiger partial charge in [-0.05, 0) is 39.8 Å². The first-order chi connectivity index (χ1) is 16.6. The minimum Gasteiger partial charge on any atom is -0.457 e. The van der Waals surface area contributed by atoms with E-state index in [1.165, 1.54) is 11.0 Å². The Morgan fingerprint density at radius 3 is 2.91 bits per heavy atom. The second-order valence-corrected chi connectivity index (χ2v) is 8.76. The van der Waals surface area contributed by atoms with Crippen LogP contribution in [0.3, 0.4) is 0 Å². The highest BCUT2D eigenvalue weighted by Gasteiger charge is 2.36. The van der Waals surface area contributed by atoms with Crippen LogP contribution in [0.2, 0.25) is 0 Å². The number of hydrogen-bond donors (Lipinski definition) is 0. The number of pyridine rings is 1. The lowest BCUT2D eigenvalue weighted by Crippen LogP contribution is -2.59. The highest BCUT2D eigenvalue weighted by atomic mass is 16.5. The molecule has 2 aromatic heterocycles. The number of esters is 1. The molecular formula is C23H23N7O4. The summed E-state index contributed by atoms with van der Waals surface area (Å²) in [6.07, 6.45) is 3.41. The zero-order valence-corrected chi connectivity index (χ0v) is 18.4. The average Bonchev–Trinajstić information content (AvgIpc) is 3.54. The fourth-order valence-electron chi connectivity index (χ4n) is 4.78. The van der Waals surface area contributed by atoms with E-state index in [-0.39, 0.29) is 24.0 Å². The van der Waals surface area contributed by atoms with E-state index in [9.17, 15) is 9.59 Å². The molecule has 0 radical (unpaired) electrons. The van der Waals surface area contributed by atoms with E-state index >= 15 is 0 Å². The summed E-state index contributed by atoms with van der Waals surface area (Å²) in [6, 6.07) is 9.65. The predicted octanol–water partition coefficient (Wildman–Crippen LogP) is 0.555. The number of amides is 1. The van der Waals surface area contributed by atoms with Gasteiger partial charge in [-0.3, -0.25) is 9.69 Å². The number of piperazine rings is 1. The van der Waals surface area contributed by atoms with Crippen LogP contribution in [0.5, 0.6) is 0 Å². The molecule has 2 fully saturated rings. The van der Waals surface area contributed by atoms with Gasteiger partial charge in [-0.2, -0.15) is 4.68 Å². The smallest absolute Gasteiger partial charge is 0.338 e. The average molecular weight is 461 g/mol. The normalized spacial score (nSPS) is 22.2. The summed E-state index contributed by atoms with van der Waals surface area (Å²) in [7, 11) is 0. The molecule has 0 bridgehead atoms. The highest BCUT2D eigenvalue weighted by Crippen LogP contribution is 2.30. The van der Waals surface area contributed by atoms with Gasteiger partial charge in [-0.15, -0.1) is 5.10 Å². The molecule has 2 unspecified atom stereocenters. The molecule has 1 aromatic carbocycles. The number of rotatable bonds is 4. The number of hydrogen-bond acceptors (Lipinski definition) is 9. The van der Waals surface area contributed by atoms with Crippen molar-refractivity contribution in [3.8, 4) is 5.82 Å². The maximum atomic E-state index is 12.9. The number of cyclic esters (lactones) is 1. The molecule has 3 aliphatic heterocycles. The van der Waals surface area contributed by atoms with Gasteiger partial charge in [-0.1, -0.05) is 12.1 Å². The van der Waals surface area contributed by atoms with E-state index in [1.807, 2.05) is 29.2 Å². The van der Waals surface area contributed by atoms with E-state index in [0.717, 1.165) is 29.8 Å². The maximum Gasteiger partial charge on any atom is 0.338 e. The van der Waals surface area contributed by atoms with Crippen molar-refractivity contribution in [2.24, 2.45) is 0 Å². The highest BCUT2D eigenvalue weighted by molar-refractivity contribution is 5.93. The van der Waals surface area contributed by atoms with Crippen molar-refractivity contribution in [1.82, 2.24) is 35.0 Å². The zero-order chi connectivity index (χ0) is 23.1. The van der Waals surface area contributed by atoms with Crippen LogP contribution in [0.25, 0.3) is 5.82 Å². The van der Waals surface area contributed by atoms with Crippen LogP contribution in [0.4, 0.5) is 0 Å². The standard InChI is InChI=1S/C23H23N7O4/c31-22(7-15-1-4-21(24-9-15)30-14-25-26-27-30)29-6-5-28-11-20(33-13-18(28)10-29)16-2-3-19-17(8-16)12-34-23(19)32/h1-4,8-9,14,18,20H,5-7,10-13H2. The zero-order valence-electron chi connectivity index (χ0n) is 18.4. The van der Waals surface area contributed by atoms with Crippen molar-refractivity contribution in [1.29, 1.82) is 0 Å². The van der Waals surface area contributed by atoms with Crippen LogP contribution in [0, 0.1) is 0 Å². The van der Waals surface area contributed by atoms with Crippen LogP contribution in [0.1, 0.15) is 33.2 Å². The Hall–Kier alpha value is -3.70. The lowest BCUT2D eigenvalue weighted by atomic mass is 9.99. The number of carbonyl (C=O) groups is 2. The lowest BCUT2D eigenvalue weighted by Gasteiger charge is -2.46.